The van der Waals surface area contributed by atoms with Crippen molar-refractivity contribution in [2.45, 2.75) is 45.7 Å². The highest BCUT2D eigenvalue weighted by molar-refractivity contribution is 5.96. The number of ketones is 1. The van der Waals surface area contributed by atoms with Crippen LogP contribution < -0.4 is 0 Å². The van der Waals surface area contributed by atoms with Gasteiger partial charge in [0.25, 0.3) is 0 Å². The van der Waals surface area contributed by atoms with E-state index in [1.54, 1.807) is 14.0 Å². The van der Waals surface area contributed by atoms with Crippen LogP contribution in [0.15, 0.2) is 11.6 Å². The fourth-order valence-electron chi connectivity index (χ4n) is 2.41. The summed E-state index contributed by atoms with van der Waals surface area (Å²) >= 11 is 0. The standard InChI is InChI=1S/C11H19NO2/c1-8(13)9-7-10(2,3)12(14-6)11(9,4)5/h7H,1-6H3. The zero-order valence-corrected chi connectivity index (χ0v) is 9.84. The molecule has 0 unspecified atom stereocenters. The summed E-state index contributed by atoms with van der Waals surface area (Å²) < 4.78 is 0. The minimum absolute atomic E-state index is 0.114. The van der Waals surface area contributed by atoms with Crippen molar-refractivity contribution in [3.63, 3.8) is 0 Å². The molecule has 0 radical (unpaired) electrons. The summed E-state index contributed by atoms with van der Waals surface area (Å²) in [6.45, 7) is 9.67. The average Bonchev–Trinajstić information content (AvgIpc) is 2.17. The van der Waals surface area contributed by atoms with Crippen molar-refractivity contribution in [2.75, 3.05) is 7.11 Å². The van der Waals surface area contributed by atoms with Crippen LogP contribution in [0.3, 0.4) is 0 Å². The van der Waals surface area contributed by atoms with Crippen LogP contribution in [0.4, 0.5) is 0 Å². The fourth-order valence-corrected chi connectivity index (χ4v) is 2.41. The highest BCUT2D eigenvalue weighted by Gasteiger charge is 2.47. The van der Waals surface area contributed by atoms with Gasteiger partial charge in [-0.2, -0.15) is 5.06 Å². The van der Waals surface area contributed by atoms with E-state index >= 15 is 0 Å². The number of hydroxylamine groups is 2. The second kappa shape index (κ2) is 3.17. The molecule has 3 nitrogen and oxygen atoms in total. The molecule has 1 aliphatic heterocycles. The van der Waals surface area contributed by atoms with Gasteiger partial charge in [0.2, 0.25) is 0 Å². The Morgan fingerprint density at radius 2 is 1.86 bits per heavy atom. The van der Waals surface area contributed by atoms with E-state index < -0.39 is 0 Å². The third kappa shape index (κ3) is 1.51. The molecule has 3 heteroatoms. The van der Waals surface area contributed by atoms with Gasteiger partial charge >= 0.3 is 0 Å². The van der Waals surface area contributed by atoms with E-state index in [4.69, 9.17) is 4.84 Å². The Morgan fingerprint density at radius 1 is 1.36 bits per heavy atom. The second-order valence-corrected chi connectivity index (χ2v) is 4.80. The maximum Gasteiger partial charge on any atom is 0.157 e. The molecular formula is C11H19NO2. The van der Waals surface area contributed by atoms with E-state index in [2.05, 4.69) is 0 Å². The summed E-state index contributed by atoms with van der Waals surface area (Å²) in [4.78, 5) is 16.8. The maximum atomic E-state index is 11.5. The van der Waals surface area contributed by atoms with Gasteiger partial charge in [0.05, 0.1) is 18.2 Å². The summed E-state index contributed by atoms with van der Waals surface area (Å²) in [5, 5.41) is 1.86. The number of nitrogens with zero attached hydrogens (tertiary/aromatic N) is 1. The molecule has 0 aromatic carbocycles. The van der Waals surface area contributed by atoms with Crippen LogP contribution in [-0.4, -0.2) is 29.0 Å². The zero-order chi connectivity index (χ0) is 11.1. The second-order valence-electron chi connectivity index (χ2n) is 4.80. The van der Waals surface area contributed by atoms with Crippen LogP contribution in [0.2, 0.25) is 0 Å². The zero-order valence-electron chi connectivity index (χ0n) is 9.84. The quantitative estimate of drug-likeness (QED) is 0.677. The number of Topliss-reactive ketones (excluding diaryl/α,β-unsaturated/α-hetero) is 1. The molecule has 0 fully saturated rings. The predicted octanol–water partition coefficient (Wildman–Crippen LogP) is 1.94. The Balaban J connectivity index is 3.17. The molecule has 0 aliphatic carbocycles. The van der Waals surface area contributed by atoms with E-state index in [9.17, 15) is 4.79 Å². The van der Waals surface area contributed by atoms with Crippen molar-refractivity contribution in [2.24, 2.45) is 0 Å². The van der Waals surface area contributed by atoms with Crippen molar-refractivity contribution in [1.82, 2.24) is 5.06 Å². The van der Waals surface area contributed by atoms with Gasteiger partial charge in [-0.1, -0.05) is 6.08 Å². The van der Waals surface area contributed by atoms with Crippen LogP contribution >= 0.6 is 0 Å². The number of hydrogen-bond acceptors (Lipinski definition) is 3. The van der Waals surface area contributed by atoms with Gasteiger partial charge in [-0.3, -0.25) is 4.79 Å². The molecule has 0 spiro atoms. The molecular weight excluding hydrogens is 178 g/mol. The van der Waals surface area contributed by atoms with Crippen LogP contribution in [0.1, 0.15) is 34.6 Å². The lowest BCUT2D eigenvalue weighted by molar-refractivity contribution is -0.213. The van der Waals surface area contributed by atoms with E-state index in [0.29, 0.717) is 0 Å². The lowest BCUT2D eigenvalue weighted by Crippen LogP contribution is -2.49. The first-order chi connectivity index (χ1) is 6.23. The van der Waals surface area contributed by atoms with Crippen molar-refractivity contribution in [3.8, 4) is 0 Å². The van der Waals surface area contributed by atoms with E-state index in [0.717, 1.165) is 5.57 Å². The fraction of sp³-hybridized carbons (Fsp3) is 0.727. The summed E-state index contributed by atoms with van der Waals surface area (Å²) in [5.41, 5.74) is 0.257. The first-order valence-electron chi connectivity index (χ1n) is 4.82. The van der Waals surface area contributed by atoms with Gasteiger partial charge in [-0.25, -0.2) is 0 Å². The molecule has 0 N–H and O–H groups in total. The molecule has 0 atom stereocenters. The van der Waals surface area contributed by atoms with Gasteiger partial charge in [-0.05, 0) is 34.6 Å². The molecule has 0 amide bonds. The van der Waals surface area contributed by atoms with Crippen molar-refractivity contribution in [3.05, 3.63) is 11.6 Å². The Hall–Kier alpha value is -0.670. The molecule has 0 saturated carbocycles. The normalized spacial score (nSPS) is 24.9. The number of hydrogen-bond donors (Lipinski definition) is 0. The van der Waals surface area contributed by atoms with E-state index in [-0.39, 0.29) is 16.9 Å². The third-order valence-corrected chi connectivity index (χ3v) is 2.75. The first-order valence-corrected chi connectivity index (χ1v) is 4.82. The lowest BCUT2D eigenvalue weighted by Gasteiger charge is -2.39. The van der Waals surface area contributed by atoms with Crippen molar-refractivity contribution >= 4 is 5.78 Å². The van der Waals surface area contributed by atoms with Gasteiger partial charge < -0.3 is 4.84 Å². The summed E-state index contributed by atoms with van der Waals surface area (Å²) in [6, 6.07) is 0. The smallest absolute Gasteiger partial charge is 0.157 e. The summed E-state index contributed by atoms with van der Waals surface area (Å²) in [5.74, 6) is 0.114. The predicted molar refractivity (Wildman–Crippen MR) is 55.8 cm³/mol. The van der Waals surface area contributed by atoms with Crippen LogP contribution in [0, 0.1) is 0 Å². The highest BCUT2D eigenvalue weighted by Crippen LogP contribution is 2.39. The molecule has 0 aromatic rings. The first kappa shape index (κ1) is 11.4. The molecule has 0 bridgehead atoms. The molecule has 0 saturated heterocycles. The molecule has 1 aliphatic rings. The van der Waals surface area contributed by atoms with Crippen LogP contribution in [-0.2, 0) is 9.63 Å². The highest BCUT2D eigenvalue weighted by atomic mass is 16.7. The molecule has 0 aromatic heterocycles. The van der Waals surface area contributed by atoms with Gasteiger partial charge in [0.1, 0.15) is 0 Å². The summed E-state index contributed by atoms with van der Waals surface area (Å²) in [6.07, 6.45) is 1.98. The molecule has 1 heterocycles. The van der Waals surface area contributed by atoms with Crippen molar-refractivity contribution < 1.29 is 9.63 Å². The number of carbonyl (C=O) groups excluding carboxylic acids is 1. The van der Waals surface area contributed by atoms with E-state index in [1.165, 1.54) is 0 Å². The number of rotatable bonds is 2. The Kier molecular flexibility index (Phi) is 2.59. The maximum absolute atomic E-state index is 11.5. The van der Waals surface area contributed by atoms with Gasteiger partial charge in [0.15, 0.2) is 5.78 Å². The monoisotopic (exact) mass is 197 g/mol. The third-order valence-electron chi connectivity index (χ3n) is 2.75. The Morgan fingerprint density at radius 3 is 2.07 bits per heavy atom. The molecule has 1 rings (SSSR count). The van der Waals surface area contributed by atoms with Crippen LogP contribution in [0.5, 0.6) is 0 Å². The average molecular weight is 197 g/mol. The SMILES string of the molecule is CON1C(C)(C)C=C(C(C)=O)C1(C)C. The molecule has 14 heavy (non-hydrogen) atoms. The topological polar surface area (TPSA) is 29.5 Å². The lowest BCUT2D eigenvalue weighted by atomic mass is 9.94. The van der Waals surface area contributed by atoms with Gasteiger partial charge in [-0.15, -0.1) is 0 Å². The summed E-state index contributed by atoms with van der Waals surface area (Å²) in [7, 11) is 1.64. The minimum Gasteiger partial charge on any atom is -0.301 e. The van der Waals surface area contributed by atoms with E-state index in [1.807, 2.05) is 38.8 Å². The largest absolute Gasteiger partial charge is 0.301 e. The molecule has 80 valence electrons. The van der Waals surface area contributed by atoms with Gasteiger partial charge in [0, 0.05) is 5.57 Å². The van der Waals surface area contributed by atoms with Crippen molar-refractivity contribution in [1.29, 1.82) is 0 Å². The number of carbonyl (C=O) groups is 1. The van der Waals surface area contributed by atoms with Crippen LogP contribution in [0.25, 0.3) is 0 Å². The Labute approximate surface area is 85.7 Å². The Bertz CT molecular complexity index is 290. The minimum atomic E-state index is -0.343.